The third kappa shape index (κ3) is 2.71. The van der Waals surface area contributed by atoms with Crippen LogP contribution in [0.25, 0.3) is 16.6 Å². The van der Waals surface area contributed by atoms with Gasteiger partial charge in [0.05, 0.1) is 5.56 Å². The van der Waals surface area contributed by atoms with E-state index in [0.29, 0.717) is 22.2 Å². The van der Waals surface area contributed by atoms with Crippen molar-refractivity contribution in [2.75, 3.05) is 0 Å². The van der Waals surface area contributed by atoms with Gasteiger partial charge in [0, 0.05) is 35.6 Å². The number of aromatic hydroxyl groups is 1. The molecule has 0 aliphatic carbocycles. The molecule has 0 aliphatic rings. The summed E-state index contributed by atoms with van der Waals surface area (Å²) in [6.45, 7) is 0. The van der Waals surface area contributed by atoms with E-state index < -0.39 is 0 Å². The van der Waals surface area contributed by atoms with E-state index in [-0.39, 0.29) is 17.4 Å². The van der Waals surface area contributed by atoms with Crippen LogP contribution >= 0.6 is 0 Å². The van der Waals surface area contributed by atoms with E-state index in [1.165, 1.54) is 6.21 Å². The zero-order chi connectivity index (χ0) is 17.9. The topological polar surface area (TPSA) is 93.3 Å². The molecule has 0 fully saturated rings. The van der Waals surface area contributed by atoms with E-state index in [9.17, 15) is 9.90 Å². The lowest BCUT2D eigenvalue weighted by molar-refractivity contribution is 0.435. The lowest BCUT2D eigenvalue weighted by atomic mass is 10.1. The summed E-state index contributed by atoms with van der Waals surface area (Å²) in [4.78, 5) is 29.3. The first-order chi connectivity index (χ1) is 12.8. The summed E-state index contributed by atoms with van der Waals surface area (Å²) in [7, 11) is 0. The van der Waals surface area contributed by atoms with E-state index in [4.69, 9.17) is 0 Å². The van der Waals surface area contributed by atoms with E-state index in [0.717, 1.165) is 4.57 Å². The fourth-order valence-corrected chi connectivity index (χ4v) is 2.67. The Balaban J connectivity index is 2.00. The molecule has 26 heavy (non-hydrogen) atoms. The minimum atomic E-state index is -0.357. The zero-order valence-electron chi connectivity index (χ0n) is 13.5. The van der Waals surface area contributed by atoms with Gasteiger partial charge in [-0.05, 0) is 24.3 Å². The van der Waals surface area contributed by atoms with Gasteiger partial charge in [-0.15, -0.1) is 0 Å². The summed E-state index contributed by atoms with van der Waals surface area (Å²) in [5.41, 5.74) is 0.0308. The molecule has 0 saturated heterocycles. The second-order valence-corrected chi connectivity index (χ2v) is 5.42. The third-order valence-corrected chi connectivity index (χ3v) is 3.84. The van der Waals surface area contributed by atoms with Crippen molar-refractivity contribution in [3.63, 3.8) is 0 Å². The Hall–Kier alpha value is -3.87. The molecule has 4 aromatic rings. The molecule has 0 radical (unpaired) electrons. The van der Waals surface area contributed by atoms with Crippen molar-refractivity contribution in [3.8, 4) is 11.7 Å². The molecule has 0 aliphatic heterocycles. The van der Waals surface area contributed by atoms with Gasteiger partial charge in [-0.1, -0.05) is 24.3 Å². The van der Waals surface area contributed by atoms with E-state index >= 15 is 0 Å². The van der Waals surface area contributed by atoms with Crippen molar-refractivity contribution in [3.05, 3.63) is 83.0 Å². The monoisotopic (exact) mass is 343 g/mol. The van der Waals surface area contributed by atoms with Gasteiger partial charge < -0.3 is 5.11 Å². The zero-order valence-corrected chi connectivity index (χ0v) is 13.5. The number of pyridine rings is 2. The van der Waals surface area contributed by atoms with Crippen LogP contribution in [0, 0.1) is 0 Å². The highest BCUT2D eigenvalue weighted by atomic mass is 16.3. The Morgan fingerprint density at radius 2 is 1.58 bits per heavy atom. The van der Waals surface area contributed by atoms with Crippen LogP contribution in [0.1, 0.15) is 5.56 Å². The van der Waals surface area contributed by atoms with Crippen molar-refractivity contribution in [1.29, 1.82) is 0 Å². The highest BCUT2D eigenvalue weighted by molar-refractivity contribution is 6.02. The SMILES string of the molecule is O=c1c2ccccc2c(/C=N/c2ncccn2)c(O)n1-c1ccccn1. The maximum atomic E-state index is 12.9. The number of aliphatic imine (C=N–C) groups is 1. The van der Waals surface area contributed by atoms with Crippen LogP contribution in [0.3, 0.4) is 0 Å². The lowest BCUT2D eigenvalue weighted by Crippen LogP contribution is -2.20. The number of hydrogen-bond donors (Lipinski definition) is 1. The fraction of sp³-hybridized carbons (Fsp3) is 0. The minimum Gasteiger partial charge on any atom is -0.494 e. The van der Waals surface area contributed by atoms with Crippen molar-refractivity contribution in [2.24, 2.45) is 4.99 Å². The van der Waals surface area contributed by atoms with Gasteiger partial charge in [-0.2, -0.15) is 0 Å². The van der Waals surface area contributed by atoms with Gasteiger partial charge in [-0.3, -0.25) is 4.79 Å². The molecule has 126 valence electrons. The molecule has 3 aromatic heterocycles. The van der Waals surface area contributed by atoms with Gasteiger partial charge in [0.1, 0.15) is 5.82 Å². The average molecular weight is 343 g/mol. The van der Waals surface area contributed by atoms with Gasteiger partial charge in [0.2, 0.25) is 11.8 Å². The number of aromatic nitrogens is 4. The van der Waals surface area contributed by atoms with Gasteiger partial charge >= 0.3 is 0 Å². The Morgan fingerprint density at radius 3 is 2.31 bits per heavy atom. The lowest BCUT2D eigenvalue weighted by Gasteiger charge is -2.12. The van der Waals surface area contributed by atoms with Gasteiger partial charge in [0.15, 0.2) is 0 Å². The van der Waals surface area contributed by atoms with Crippen molar-refractivity contribution >= 4 is 22.9 Å². The van der Waals surface area contributed by atoms with E-state index in [2.05, 4.69) is 19.9 Å². The van der Waals surface area contributed by atoms with Crippen molar-refractivity contribution < 1.29 is 5.11 Å². The van der Waals surface area contributed by atoms with Crippen LogP contribution in [-0.4, -0.2) is 30.8 Å². The summed E-state index contributed by atoms with van der Waals surface area (Å²) in [5, 5.41) is 11.8. The molecule has 0 bridgehead atoms. The first-order valence-corrected chi connectivity index (χ1v) is 7.85. The van der Waals surface area contributed by atoms with Crippen LogP contribution < -0.4 is 5.56 Å². The highest BCUT2D eigenvalue weighted by Gasteiger charge is 2.16. The molecule has 0 amide bonds. The minimum absolute atomic E-state index is 0.243. The third-order valence-electron chi connectivity index (χ3n) is 3.84. The molecular formula is C19H13N5O2. The van der Waals surface area contributed by atoms with Crippen LogP contribution in [0.15, 0.2) is 76.9 Å². The molecule has 3 heterocycles. The standard InChI is InChI=1S/C19H13N5O2/c25-17-14-7-2-1-6-13(14)15(12-23-19-21-10-5-11-22-19)18(26)24(17)16-8-3-4-9-20-16/h1-12,26H/b23-12+. The van der Waals surface area contributed by atoms with Gasteiger partial charge in [-0.25, -0.2) is 24.5 Å². The molecule has 7 heteroatoms. The molecular weight excluding hydrogens is 330 g/mol. The molecule has 1 aromatic carbocycles. The predicted molar refractivity (Wildman–Crippen MR) is 98.3 cm³/mol. The predicted octanol–water partition coefficient (Wildman–Crippen LogP) is 2.63. The summed E-state index contributed by atoms with van der Waals surface area (Å²) in [6.07, 6.45) is 6.16. The van der Waals surface area contributed by atoms with E-state index in [1.54, 1.807) is 67.1 Å². The molecule has 0 unspecified atom stereocenters. The molecule has 7 nitrogen and oxygen atoms in total. The van der Waals surface area contributed by atoms with Crippen molar-refractivity contribution in [1.82, 2.24) is 19.5 Å². The van der Waals surface area contributed by atoms with Gasteiger partial charge in [0.25, 0.3) is 5.56 Å². The molecule has 0 atom stereocenters. The first kappa shape index (κ1) is 15.6. The Labute approximate surface area is 148 Å². The summed E-state index contributed by atoms with van der Waals surface area (Å²) >= 11 is 0. The maximum Gasteiger partial charge on any atom is 0.267 e. The largest absolute Gasteiger partial charge is 0.494 e. The van der Waals surface area contributed by atoms with Crippen LogP contribution in [0.4, 0.5) is 5.95 Å². The number of fused-ring (bicyclic) bond motifs is 1. The van der Waals surface area contributed by atoms with Crippen molar-refractivity contribution in [2.45, 2.75) is 0 Å². The molecule has 0 saturated carbocycles. The van der Waals surface area contributed by atoms with Crippen LogP contribution in [0.2, 0.25) is 0 Å². The highest BCUT2D eigenvalue weighted by Crippen LogP contribution is 2.25. The van der Waals surface area contributed by atoms with E-state index in [1.807, 2.05) is 0 Å². The van der Waals surface area contributed by atoms with Crippen LogP contribution in [-0.2, 0) is 0 Å². The second-order valence-electron chi connectivity index (χ2n) is 5.42. The smallest absolute Gasteiger partial charge is 0.267 e. The Kier molecular flexibility index (Phi) is 3.95. The number of rotatable bonds is 3. The maximum absolute atomic E-state index is 12.9. The summed E-state index contributed by atoms with van der Waals surface area (Å²) < 4.78 is 1.16. The normalized spacial score (nSPS) is 11.2. The number of hydrogen-bond acceptors (Lipinski definition) is 6. The molecule has 1 N–H and O–H groups in total. The summed E-state index contributed by atoms with van der Waals surface area (Å²) in [5.74, 6) is 0.338. The molecule has 4 rings (SSSR count). The second kappa shape index (κ2) is 6.56. The Bertz CT molecular complexity index is 1160. The average Bonchev–Trinajstić information content (AvgIpc) is 2.70. The summed E-state index contributed by atoms with van der Waals surface area (Å²) in [6, 6.07) is 13.8. The fourth-order valence-electron chi connectivity index (χ4n) is 2.67. The quantitative estimate of drug-likeness (QED) is 0.577. The number of nitrogens with zero attached hydrogens (tertiary/aromatic N) is 5. The first-order valence-electron chi connectivity index (χ1n) is 7.85. The molecule has 0 spiro atoms. The number of benzene rings is 1. The van der Waals surface area contributed by atoms with Crippen LogP contribution in [0.5, 0.6) is 5.88 Å². The Morgan fingerprint density at radius 1 is 0.885 bits per heavy atom.